The number of carbonyl (C=O) groups is 4. The Hall–Kier alpha value is -2.98. The average Bonchev–Trinajstić information content (AvgIpc) is 3.58. The molecule has 1 aromatic heterocycles. The molecule has 0 radical (unpaired) electrons. The maximum atomic E-state index is 13.0. The third-order valence-corrected chi connectivity index (χ3v) is 7.13. The molecule has 34 heavy (non-hydrogen) atoms. The summed E-state index contributed by atoms with van der Waals surface area (Å²) in [7, 11) is 0. The lowest BCUT2D eigenvalue weighted by Crippen LogP contribution is -2.42. The van der Waals surface area contributed by atoms with Crippen molar-refractivity contribution in [3.63, 3.8) is 0 Å². The highest BCUT2D eigenvalue weighted by Crippen LogP contribution is 2.60. The van der Waals surface area contributed by atoms with Gasteiger partial charge in [0.15, 0.2) is 6.10 Å². The Morgan fingerprint density at radius 3 is 2.53 bits per heavy atom. The fraction of sp³-hybridized carbons (Fsp3) is 0.583. The summed E-state index contributed by atoms with van der Waals surface area (Å²) in [5.74, 6) is -1.89. The van der Waals surface area contributed by atoms with Crippen LogP contribution in [0, 0.1) is 12.8 Å². The van der Waals surface area contributed by atoms with Crippen LogP contribution < -0.4 is 0 Å². The van der Waals surface area contributed by atoms with Gasteiger partial charge in [0.1, 0.15) is 47.8 Å². The highest BCUT2D eigenvalue weighted by molar-refractivity contribution is 5.88. The Bertz CT molecular complexity index is 1100. The van der Waals surface area contributed by atoms with Crippen molar-refractivity contribution in [2.24, 2.45) is 5.92 Å². The maximum Gasteiger partial charge on any atom is 0.345 e. The molecule has 4 bridgehead atoms. The molecule has 0 aliphatic carbocycles. The van der Waals surface area contributed by atoms with Crippen molar-refractivity contribution in [1.82, 2.24) is 0 Å². The number of hydrogen-bond donors (Lipinski definition) is 0. The number of epoxide rings is 2. The van der Waals surface area contributed by atoms with Gasteiger partial charge >= 0.3 is 17.9 Å². The van der Waals surface area contributed by atoms with Gasteiger partial charge in [0.2, 0.25) is 5.60 Å². The summed E-state index contributed by atoms with van der Waals surface area (Å²) < 4.78 is 34.8. The van der Waals surface area contributed by atoms with E-state index in [1.807, 2.05) is 6.92 Å². The van der Waals surface area contributed by atoms with E-state index >= 15 is 0 Å². The molecule has 0 N–H and O–H groups in total. The number of esters is 3. The van der Waals surface area contributed by atoms with Gasteiger partial charge in [0, 0.05) is 26.2 Å². The van der Waals surface area contributed by atoms with Crippen LogP contribution in [0.4, 0.5) is 0 Å². The molecule has 4 aliphatic rings. The summed E-state index contributed by atoms with van der Waals surface area (Å²) in [6.07, 6.45) is -2.99. The van der Waals surface area contributed by atoms with Crippen LogP contribution in [0.5, 0.6) is 0 Å². The van der Waals surface area contributed by atoms with E-state index in [4.69, 9.17) is 28.1 Å². The second-order valence-electron chi connectivity index (χ2n) is 9.65. The normalized spacial score (nSPS) is 39.7. The van der Waals surface area contributed by atoms with Crippen LogP contribution in [0.15, 0.2) is 22.6 Å². The molecule has 182 valence electrons. The molecule has 1 aromatic rings. The fourth-order valence-electron chi connectivity index (χ4n) is 5.40. The molecule has 0 spiro atoms. The van der Waals surface area contributed by atoms with Crippen LogP contribution >= 0.6 is 0 Å². The molecule has 0 aromatic carbocycles. The first-order chi connectivity index (χ1) is 16.0. The quantitative estimate of drug-likeness (QED) is 0.210. The van der Waals surface area contributed by atoms with Crippen LogP contribution in [0.25, 0.3) is 0 Å². The van der Waals surface area contributed by atoms with Crippen LogP contribution in [0.2, 0.25) is 0 Å². The largest absolute Gasteiger partial charge is 0.459 e. The minimum absolute atomic E-state index is 0.0830. The third kappa shape index (κ3) is 3.39. The van der Waals surface area contributed by atoms with Gasteiger partial charge in [0.05, 0.1) is 0 Å². The molecule has 3 fully saturated rings. The van der Waals surface area contributed by atoms with E-state index in [2.05, 4.69) is 6.58 Å². The topological polar surface area (TPSA) is 134 Å². The van der Waals surface area contributed by atoms with Crippen molar-refractivity contribution < 1.29 is 47.3 Å². The number of rotatable bonds is 4. The molecule has 8 atom stereocenters. The number of furan rings is 1. The van der Waals surface area contributed by atoms with Crippen molar-refractivity contribution >= 4 is 24.2 Å². The zero-order valence-electron chi connectivity index (χ0n) is 19.3. The first-order valence-electron chi connectivity index (χ1n) is 11.2. The number of aldehydes is 1. The molecule has 3 saturated heterocycles. The van der Waals surface area contributed by atoms with Crippen LogP contribution in [-0.2, 0) is 42.9 Å². The Balaban J connectivity index is 1.65. The van der Waals surface area contributed by atoms with Crippen molar-refractivity contribution in [3.8, 4) is 0 Å². The smallest absolute Gasteiger partial charge is 0.345 e. The van der Waals surface area contributed by atoms with Gasteiger partial charge in [-0.15, -0.1) is 0 Å². The van der Waals surface area contributed by atoms with Gasteiger partial charge in [-0.2, -0.15) is 0 Å². The summed E-state index contributed by atoms with van der Waals surface area (Å²) in [4.78, 5) is 48.9. The van der Waals surface area contributed by atoms with Crippen molar-refractivity contribution in [3.05, 3.63) is 35.3 Å². The molecule has 10 nitrogen and oxygen atoms in total. The van der Waals surface area contributed by atoms with Gasteiger partial charge in [-0.3, -0.25) is 14.4 Å². The van der Waals surface area contributed by atoms with Gasteiger partial charge in [-0.1, -0.05) is 6.58 Å². The summed E-state index contributed by atoms with van der Waals surface area (Å²) in [6.45, 7) is 9.97. The standard InChI is InChI=1S/C24H26O10/c1-10-6-15-20-23(5,33-20)8-16-21-24(34-21,22(28)32-16)17(29-12(3)26)7-14(11(2)9-25)19(18(10)31-15)30-13(4)27/h6,9,14,16-17,19-21H,2,7-8H2,1,3-5H3/t14-,16-,17+,19-,20+,21-,23+,24?/m1/s1. The minimum Gasteiger partial charge on any atom is -0.459 e. The van der Waals surface area contributed by atoms with E-state index in [1.54, 1.807) is 13.0 Å². The fourth-order valence-corrected chi connectivity index (χ4v) is 5.40. The molecule has 5 heterocycles. The Morgan fingerprint density at radius 2 is 1.91 bits per heavy atom. The van der Waals surface area contributed by atoms with Gasteiger partial charge in [0.25, 0.3) is 0 Å². The molecule has 0 saturated carbocycles. The highest BCUT2D eigenvalue weighted by atomic mass is 16.7. The number of ether oxygens (including phenoxy) is 5. The molecule has 10 heteroatoms. The van der Waals surface area contributed by atoms with Gasteiger partial charge in [-0.25, -0.2) is 4.79 Å². The molecular weight excluding hydrogens is 448 g/mol. The Kier molecular flexibility index (Phi) is 5.04. The Labute approximate surface area is 195 Å². The Morgan fingerprint density at radius 1 is 1.21 bits per heavy atom. The first-order valence-corrected chi connectivity index (χ1v) is 11.2. The van der Waals surface area contributed by atoms with E-state index in [0.717, 1.165) is 0 Å². The molecular formula is C24H26O10. The second kappa shape index (κ2) is 7.51. The second-order valence-corrected chi connectivity index (χ2v) is 9.65. The lowest BCUT2D eigenvalue weighted by Gasteiger charge is -2.30. The first kappa shape index (κ1) is 22.8. The monoisotopic (exact) mass is 474 g/mol. The molecule has 0 amide bonds. The van der Waals surface area contributed by atoms with E-state index in [9.17, 15) is 19.2 Å². The lowest BCUT2D eigenvalue weighted by molar-refractivity contribution is -0.167. The highest BCUT2D eigenvalue weighted by Gasteiger charge is 2.79. The number of aryl methyl sites for hydroxylation is 1. The number of fused-ring (bicyclic) bond motifs is 4. The molecule has 4 aliphatic heterocycles. The lowest BCUT2D eigenvalue weighted by atomic mass is 9.82. The minimum atomic E-state index is -1.50. The van der Waals surface area contributed by atoms with Gasteiger partial charge < -0.3 is 28.1 Å². The number of carbonyl (C=O) groups excluding carboxylic acids is 4. The molecule has 1 unspecified atom stereocenters. The average molecular weight is 474 g/mol. The van der Waals surface area contributed by atoms with Crippen LogP contribution in [-0.4, -0.2) is 53.7 Å². The summed E-state index contributed by atoms with van der Waals surface area (Å²) >= 11 is 0. The molecule has 5 rings (SSSR count). The summed E-state index contributed by atoms with van der Waals surface area (Å²) in [5.41, 5.74) is -1.39. The van der Waals surface area contributed by atoms with E-state index in [1.165, 1.54) is 13.8 Å². The maximum absolute atomic E-state index is 13.0. The summed E-state index contributed by atoms with van der Waals surface area (Å²) in [6, 6.07) is 1.80. The van der Waals surface area contributed by atoms with Crippen molar-refractivity contribution in [2.45, 2.75) is 82.3 Å². The van der Waals surface area contributed by atoms with Gasteiger partial charge in [-0.05, 0) is 37.5 Å². The van der Waals surface area contributed by atoms with Crippen molar-refractivity contribution in [1.29, 1.82) is 0 Å². The third-order valence-electron chi connectivity index (χ3n) is 7.13. The van der Waals surface area contributed by atoms with E-state index < -0.39 is 65.5 Å². The van der Waals surface area contributed by atoms with Crippen LogP contribution in [0.1, 0.15) is 62.9 Å². The number of hydrogen-bond acceptors (Lipinski definition) is 10. The van der Waals surface area contributed by atoms with Crippen LogP contribution in [0.3, 0.4) is 0 Å². The predicted molar refractivity (Wildman–Crippen MR) is 111 cm³/mol. The summed E-state index contributed by atoms with van der Waals surface area (Å²) in [5, 5.41) is 0. The van der Waals surface area contributed by atoms with E-state index in [0.29, 0.717) is 29.8 Å². The predicted octanol–water partition coefficient (Wildman–Crippen LogP) is 2.18. The van der Waals surface area contributed by atoms with E-state index in [-0.39, 0.29) is 12.0 Å². The zero-order chi connectivity index (χ0) is 24.6. The van der Waals surface area contributed by atoms with Crippen molar-refractivity contribution in [2.75, 3.05) is 0 Å². The SMILES string of the molecule is C=C(C=O)[C@H]1C[C@H](OC(C)=O)C23O[C@@H]2[C@@H](C[C@]2(C)O[C@H]2c2cc(C)c(o2)[C@@H]1OC(C)=O)OC3=O. The zero-order valence-corrected chi connectivity index (χ0v) is 19.3.